The van der Waals surface area contributed by atoms with Crippen LogP contribution in [0.2, 0.25) is 5.02 Å². The molecule has 0 radical (unpaired) electrons. The minimum atomic E-state index is -1.18. The summed E-state index contributed by atoms with van der Waals surface area (Å²) in [5, 5.41) is 9.89. The molecule has 2 rings (SSSR count). The van der Waals surface area contributed by atoms with Crippen molar-refractivity contribution < 1.29 is 14.3 Å². The summed E-state index contributed by atoms with van der Waals surface area (Å²) in [5.41, 5.74) is 1.12. The van der Waals surface area contributed by atoms with Gasteiger partial charge in [-0.2, -0.15) is 0 Å². The summed E-state index contributed by atoms with van der Waals surface area (Å²) in [7, 11) is 0. The van der Waals surface area contributed by atoms with Crippen LogP contribution in [0.4, 0.5) is 4.39 Å². The highest BCUT2D eigenvalue weighted by Crippen LogP contribution is 2.19. The van der Waals surface area contributed by atoms with E-state index >= 15 is 0 Å². The van der Waals surface area contributed by atoms with Crippen molar-refractivity contribution in [2.75, 3.05) is 0 Å². The van der Waals surface area contributed by atoms with Crippen LogP contribution in [-0.4, -0.2) is 10.9 Å². The van der Waals surface area contributed by atoms with Crippen molar-refractivity contribution in [3.05, 3.63) is 70.5 Å². The molecule has 0 aliphatic heterocycles. The first kappa shape index (κ1) is 13.7. The third-order valence-electron chi connectivity index (χ3n) is 2.78. The molecular formula is C15H12ClFO2. The smallest absolute Gasteiger partial charge is 0.170 e. The van der Waals surface area contributed by atoms with Gasteiger partial charge >= 0.3 is 0 Å². The predicted molar refractivity (Wildman–Crippen MR) is 71.5 cm³/mol. The van der Waals surface area contributed by atoms with Gasteiger partial charge < -0.3 is 5.11 Å². The van der Waals surface area contributed by atoms with Gasteiger partial charge in [0, 0.05) is 6.42 Å². The number of hydrogen-bond donors (Lipinski definition) is 1. The van der Waals surface area contributed by atoms with Crippen LogP contribution >= 0.6 is 11.6 Å². The lowest BCUT2D eigenvalue weighted by Crippen LogP contribution is -2.14. The molecule has 0 saturated carbocycles. The van der Waals surface area contributed by atoms with Gasteiger partial charge in [-0.05, 0) is 23.3 Å². The van der Waals surface area contributed by atoms with Crippen molar-refractivity contribution in [1.82, 2.24) is 0 Å². The summed E-state index contributed by atoms with van der Waals surface area (Å²) in [6, 6.07) is 12.8. The Morgan fingerprint density at radius 1 is 1.21 bits per heavy atom. The number of carbonyl (C=O) groups is 1. The highest BCUT2D eigenvalue weighted by molar-refractivity contribution is 6.30. The summed E-state index contributed by atoms with van der Waals surface area (Å²) in [5.74, 6) is -0.879. The van der Waals surface area contributed by atoms with E-state index in [1.54, 1.807) is 30.3 Å². The van der Waals surface area contributed by atoms with Crippen LogP contribution in [0.1, 0.15) is 17.2 Å². The molecule has 2 aromatic rings. The van der Waals surface area contributed by atoms with Crippen LogP contribution in [-0.2, 0) is 11.2 Å². The Kier molecular flexibility index (Phi) is 4.30. The molecule has 0 saturated heterocycles. The lowest BCUT2D eigenvalue weighted by Gasteiger charge is -2.10. The molecule has 1 N–H and O–H groups in total. The number of Topliss-reactive ketones (excluding diaryl/α,β-unsaturated/α-hetero) is 1. The number of aliphatic hydroxyl groups excluding tert-OH is 1. The standard InChI is InChI=1S/C15H12ClFO2/c16-12-8-10(6-7-13(12)17)9-14(18)15(19)11-4-2-1-3-5-11/h1-8,15,19H,9H2. The molecule has 19 heavy (non-hydrogen) atoms. The van der Waals surface area contributed by atoms with Gasteiger partial charge in [0.1, 0.15) is 11.9 Å². The molecule has 0 amide bonds. The first-order valence-electron chi connectivity index (χ1n) is 5.77. The van der Waals surface area contributed by atoms with Gasteiger partial charge in [-0.15, -0.1) is 0 Å². The normalized spacial score (nSPS) is 12.2. The minimum Gasteiger partial charge on any atom is -0.381 e. The maximum absolute atomic E-state index is 13.0. The molecule has 4 heteroatoms. The van der Waals surface area contributed by atoms with Gasteiger partial charge in [-0.1, -0.05) is 48.0 Å². The number of ketones is 1. The second-order valence-electron chi connectivity index (χ2n) is 4.20. The first-order chi connectivity index (χ1) is 9.08. The van der Waals surface area contributed by atoms with E-state index in [0.29, 0.717) is 11.1 Å². The molecule has 1 atom stereocenters. The Labute approximate surface area is 115 Å². The molecular weight excluding hydrogens is 267 g/mol. The van der Waals surface area contributed by atoms with Gasteiger partial charge in [0.2, 0.25) is 0 Å². The number of benzene rings is 2. The fraction of sp³-hybridized carbons (Fsp3) is 0.133. The van der Waals surface area contributed by atoms with Gasteiger partial charge in [0.25, 0.3) is 0 Å². The topological polar surface area (TPSA) is 37.3 Å². The molecule has 0 heterocycles. The van der Waals surface area contributed by atoms with Gasteiger partial charge in [0.05, 0.1) is 5.02 Å². The fourth-order valence-electron chi connectivity index (χ4n) is 1.77. The number of rotatable bonds is 4. The Morgan fingerprint density at radius 3 is 2.53 bits per heavy atom. The summed E-state index contributed by atoms with van der Waals surface area (Å²) < 4.78 is 13.0. The number of halogens is 2. The monoisotopic (exact) mass is 278 g/mol. The van der Waals surface area contributed by atoms with Crippen molar-refractivity contribution in [2.45, 2.75) is 12.5 Å². The van der Waals surface area contributed by atoms with E-state index in [-0.39, 0.29) is 17.2 Å². The third kappa shape index (κ3) is 3.40. The largest absolute Gasteiger partial charge is 0.381 e. The molecule has 0 aliphatic carbocycles. The van der Waals surface area contributed by atoms with E-state index in [1.807, 2.05) is 0 Å². The summed E-state index contributed by atoms with van der Waals surface area (Å²) in [6.45, 7) is 0. The van der Waals surface area contributed by atoms with Crippen molar-refractivity contribution in [2.24, 2.45) is 0 Å². The van der Waals surface area contributed by atoms with E-state index < -0.39 is 11.9 Å². The zero-order valence-electron chi connectivity index (χ0n) is 10.0. The molecule has 0 bridgehead atoms. The second kappa shape index (κ2) is 5.95. The maximum atomic E-state index is 13.0. The minimum absolute atomic E-state index is 0.00998. The van der Waals surface area contributed by atoms with Gasteiger partial charge in [-0.25, -0.2) is 4.39 Å². The van der Waals surface area contributed by atoms with Gasteiger partial charge in [0.15, 0.2) is 5.78 Å². The quantitative estimate of drug-likeness (QED) is 0.931. The van der Waals surface area contributed by atoms with Crippen LogP contribution in [0, 0.1) is 5.82 Å². The summed E-state index contributed by atoms with van der Waals surface area (Å²) >= 11 is 5.65. The second-order valence-corrected chi connectivity index (χ2v) is 4.61. The van der Waals surface area contributed by atoms with E-state index in [1.165, 1.54) is 18.2 Å². The molecule has 0 fully saturated rings. The zero-order chi connectivity index (χ0) is 13.8. The lowest BCUT2D eigenvalue weighted by molar-refractivity contribution is -0.126. The fourth-order valence-corrected chi connectivity index (χ4v) is 1.97. The van der Waals surface area contributed by atoms with E-state index in [0.717, 1.165) is 0 Å². The van der Waals surface area contributed by atoms with Gasteiger partial charge in [-0.3, -0.25) is 4.79 Å². The third-order valence-corrected chi connectivity index (χ3v) is 3.07. The molecule has 2 aromatic carbocycles. The number of hydrogen-bond acceptors (Lipinski definition) is 2. The zero-order valence-corrected chi connectivity index (χ0v) is 10.8. The van der Waals surface area contributed by atoms with Crippen molar-refractivity contribution >= 4 is 17.4 Å². The van der Waals surface area contributed by atoms with Crippen LogP contribution in [0.15, 0.2) is 48.5 Å². The Morgan fingerprint density at radius 2 is 1.89 bits per heavy atom. The Bertz CT molecular complexity index is 584. The van der Waals surface area contributed by atoms with E-state index in [4.69, 9.17) is 11.6 Å². The molecule has 0 aromatic heterocycles. The molecule has 98 valence electrons. The maximum Gasteiger partial charge on any atom is 0.170 e. The first-order valence-corrected chi connectivity index (χ1v) is 6.15. The molecule has 0 spiro atoms. The van der Waals surface area contributed by atoms with E-state index in [2.05, 4.69) is 0 Å². The highest BCUT2D eigenvalue weighted by atomic mass is 35.5. The number of aliphatic hydroxyl groups is 1. The summed E-state index contributed by atoms with van der Waals surface area (Å²) in [6.07, 6.45) is -1.17. The van der Waals surface area contributed by atoms with Crippen LogP contribution < -0.4 is 0 Å². The van der Waals surface area contributed by atoms with Crippen LogP contribution in [0.3, 0.4) is 0 Å². The van der Waals surface area contributed by atoms with Crippen molar-refractivity contribution in [3.63, 3.8) is 0 Å². The van der Waals surface area contributed by atoms with Crippen molar-refractivity contribution in [3.8, 4) is 0 Å². The SMILES string of the molecule is O=C(Cc1ccc(F)c(Cl)c1)C(O)c1ccccc1. The predicted octanol–water partition coefficient (Wildman–Crippen LogP) is 3.32. The highest BCUT2D eigenvalue weighted by Gasteiger charge is 2.17. The van der Waals surface area contributed by atoms with Crippen LogP contribution in [0.25, 0.3) is 0 Å². The average Bonchev–Trinajstić information content (AvgIpc) is 2.43. The van der Waals surface area contributed by atoms with Crippen molar-refractivity contribution in [1.29, 1.82) is 0 Å². The molecule has 0 aliphatic rings. The molecule has 1 unspecified atom stereocenters. The lowest BCUT2D eigenvalue weighted by atomic mass is 10.00. The Balaban J connectivity index is 2.10. The Hall–Kier alpha value is -1.71. The average molecular weight is 279 g/mol. The van der Waals surface area contributed by atoms with E-state index in [9.17, 15) is 14.3 Å². The van der Waals surface area contributed by atoms with Crippen LogP contribution in [0.5, 0.6) is 0 Å². The molecule has 2 nitrogen and oxygen atoms in total. The summed E-state index contributed by atoms with van der Waals surface area (Å²) in [4.78, 5) is 11.9. The number of carbonyl (C=O) groups excluding carboxylic acids is 1.